The van der Waals surface area contributed by atoms with Crippen LogP contribution in [0.15, 0.2) is 24.3 Å². The van der Waals surface area contributed by atoms with Crippen LogP contribution in [0.2, 0.25) is 0 Å². The molecule has 100 valence electrons. The van der Waals surface area contributed by atoms with Crippen molar-refractivity contribution in [3.8, 4) is 5.75 Å². The Balaban J connectivity index is 2.71. The van der Waals surface area contributed by atoms with Crippen LogP contribution in [0.5, 0.6) is 5.75 Å². The first-order valence-corrected chi connectivity index (χ1v) is 5.81. The normalized spacial score (nSPS) is 13.1. The highest BCUT2D eigenvalue weighted by Crippen LogP contribution is 2.17. The number of hydrogen-bond donors (Lipinski definition) is 2. The molecule has 1 rings (SSSR count). The third-order valence-electron chi connectivity index (χ3n) is 2.34. The van der Waals surface area contributed by atoms with E-state index in [2.05, 4.69) is 0 Å². The summed E-state index contributed by atoms with van der Waals surface area (Å²) in [6, 6.07) is 6.97. The molecule has 0 bridgehead atoms. The highest BCUT2D eigenvalue weighted by Gasteiger charge is 2.22. The Hall–Kier alpha value is -1.75. The summed E-state index contributed by atoms with van der Waals surface area (Å²) in [5, 5.41) is 8.90. The number of aliphatic carboxylic acids is 1. The number of carboxylic acids is 1. The molecule has 0 radical (unpaired) electrons. The van der Waals surface area contributed by atoms with Crippen LogP contribution in [0.3, 0.4) is 0 Å². The minimum atomic E-state index is -0.858. The van der Waals surface area contributed by atoms with E-state index >= 15 is 0 Å². The van der Waals surface area contributed by atoms with E-state index in [1.165, 1.54) is 0 Å². The Bertz CT molecular complexity index is 396. The number of nitrogens with two attached hydrogens (primary N) is 1. The molecule has 0 heterocycles. The van der Waals surface area contributed by atoms with Crippen LogP contribution in [0, 0.1) is 0 Å². The van der Waals surface area contributed by atoms with Gasteiger partial charge in [-0.05, 0) is 24.3 Å². The van der Waals surface area contributed by atoms with E-state index in [4.69, 9.17) is 15.6 Å². The average Bonchev–Trinajstić information content (AvgIpc) is 2.18. The van der Waals surface area contributed by atoms with Gasteiger partial charge in [0.1, 0.15) is 12.3 Å². The molecule has 1 aromatic carbocycles. The zero-order chi connectivity index (χ0) is 13.8. The van der Waals surface area contributed by atoms with Crippen LogP contribution in [0.4, 0.5) is 5.69 Å². The minimum absolute atomic E-state index is 0.0140. The summed E-state index contributed by atoms with van der Waals surface area (Å²) < 4.78 is 6.35. The first-order chi connectivity index (χ1) is 8.26. The van der Waals surface area contributed by atoms with E-state index < -0.39 is 5.97 Å². The zero-order valence-electron chi connectivity index (χ0n) is 11.1. The highest BCUT2D eigenvalue weighted by molar-refractivity contribution is 5.67. The van der Waals surface area contributed by atoms with Gasteiger partial charge < -0.3 is 20.1 Å². The van der Waals surface area contributed by atoms with E-state index in [9.17, 15) is 4.79 Å². The maximum absolute atomic E-state index is 10.8. The third-order valence-corrected chi connectivity index (χ3v) is 2.34. The third kappa shape index (κ3) is 5.54. The fourth-order valence-electron chi connectivity index (χ4n) is 1.69. The second-order valence-corrected chi connectivity index (χ2v) is 5.38. The van der Waals surface area contributed by atoms with Crippen LogP contribution < -0.4 is 10.5 Å². The van der Waals surface area contributed by atoms with E-state index in [1.807, 2.05) is 21.1 Å². The van der Waals surface area contributed by atoms with E-state index in [-0.39, 0.29) is 12.5 Å². The van der Waals surface area contributed by atoms with Gasteiger partial charge in [-0.15, -0.1) is 0 Å². The first-order valence-electron chi connectivity index (χ1n) is 5.81. The summed E-state index contributed by atoms with van der Waals surface area (Å²) >= 11 is 0. The number of anilines is 1. The molecule has 1 atom stereocenters. The SMILES string of the molecule is C[N+](C)(C)CC(CC(=O)O)Oc1ccc(N)cc1. The lowest BCUT2D eigenvalue weighted by molar-refractivity contribution is -0.873. The molecular weight excluding hydrogens is 232 g/mol. The van der Waals surface area contributed by atoms with Gasteiger partial charge >= 0.3 is 5.97 Å². The molecule has 0 saturated carbocycles. The Labute approximate surface area is 107 Å². The number of carboxylic acid groups (broad SMARTS) is 1. The maximum Gasteiger partial charge on any atom is 0.307 e. The topological polar surface area (TPSA) is 72.5 Å². The van der Waals surface area contributed by atoms with Crippen LogP contribution in [-0.2, 0) is 4.79 Å². The molecule has 1 aromatic rings. The predicted molar refractivity (Wildman–Crippen MR) is 70.4 cm³/mol. The summed E-state index contributed by atoms with van der Waals surface area (Å²) in [7, 11) is 6.00. The van der Waals surface area contributed by atoms with E-state index in [1.54, 1.807) is 24.3 Å². The molecule has 5 heteroatoms. The molecule has 3 N–H and O–H groups in total. The standard InChI is InChI=1S/C13H20N2O3/c1-15(2,3)9-12(8-13(16)17)18-11-6-4-10(14)5-7-11/h4-7,12H,8-9,14H2,1-3H3/p+1. The molecular formula is C13H21N2O3+. The zero-order valence-corrected chi connectivity index (χ0v) is 11.1. The monoisotopic (exact) mass is 253 g/mol. The van der Waals surface area contributed by atoms with Crippen LogP contribution >= 0.6 is 0 Å². The summed E-state index contributed by atoms with van der Waals surface area (Å²) in [4.78, 5) is 10.8. The summed E-state index contributed by atoms with van der Waals surface area (Å²) in [6.07, 6.45) is -0.369. The van der Waals surface area contributed by atoms with Crippen LogP contribution in [0.25, 0.3) is 0 Å². The van der Waals surface area contributed by atoms with Gasteiger partial charge in [0.2, 0.25) is 0 Å². The van der Waals surface area contributed by atoms with Crippen molar-refractivity contribution in [3.63, 3.8) is 0 Å². The molecule has 0 spiro atoms. The molecule has 0 aliphatic heterocycles. The van der Waals surface area contributed by atoms with Crippen molar-refractivity contribution < 1.29 is 19.1 Å². The number of carbonyl (C=O) groups is 1. The van der Waals surface area contributed by atoms with Crippen molar-refractivity contribution in [1.29, 1.82) is 0 Å². The molecule has 0 saturated heterocycles. The number of benzene rings is 1. The van der Waals surface area contributed by atoms with Gasteiger partial charge in [-0.2, -0.15) is 0 Å². The van der Waals surface area contributed by atoms with Crippen LogP contribution in [0.1, 0.15) is 6.42 Å². The Kier molecular flexibility index (Phi) is 4.55. The Morgan fingerprint density at radius 2 is 1.89 bits per heavy atom. The van der Waals surface area contributed by atoms with Crippen molar-refractivity contribution in [2.45, 2.75) is 12.5 Å². The number of rotatable bonds is 6. The minimum Gasteiger partial charge on any atom is -0.484 e. The first kappa shape index (κ1) is 14.3. The largest absolute Gasteiger partial charge is 0.484 e. The molecule has 0 aliphatic carbocycles. The summed E-state index contributed by atoms with van der Waals surface area (Å²) in [5.74, 6) is -0.215. The number of ether oxygens (including phenoxy) is 1. The van der Waals surface area contributed by atoms with Crippen molar-refractivity contribution in [2.75, 3.05) is 33.4 Å². The van der Waals surface area contributed by atoms with Gasteiger partial charge in [-0.1, -0.05) is 0 Å². The quantitative estimate of drug-likeness (QED) is 0.590. The molecule has 5 nitrogen and oxygen atoms in total. The van der Waals surface area contributed by atoms with Crippen molar-refractivity contribution >= 4 is 11.7 Å². The molecule has 0 aliphatic rings. The average molecular weight is 253 g/mol. The summed E-state index contributed by atoms with van der Waals surface area (Å²) in [5.41, 5.74) is 6.24. The van der Waals surface area contributed by atoms with Crippen molar-refractivity contribution in [3.05, 3.63) is 24.3 Å². The van der Waals surface area contributed by atoms with Crippen molar-refractivity contribution in [2.24, 2.45) is 0 Å². The van der Waals surface area contributed by atoms with Gasteiger partial charge in [0.15, 0.2) is 6.10 Å². The molecule has 1 unspecified atom stereocenters. The lowest BCUT2D eigenvalue weighted by atomic mass is 10.2. The van der Waals surface area contributed by atoms with E-state index in [0.717, 1.165) is 0 Å². The van der Waals surface area contributed by atoms with Gasteiger partial charge in [-0.25, -0.2) is 0 Å². The molecule has 0 fully saturated rings. The number of nitrogen functional groups attached to an aromatic ring is 1. The number of nitrogens with zero attached hydrogens (tertiary/aromatic N) is 1. The second kappa shape index (κ2) is 5.73. The predicted octanol–water partition coefficient (Wildman–Crippen LogP) is 1.20. The lowest BCUT2D eigenvalue weighted by Crippen LogP contribution is -2.44. The smallest absolute Gasteiger partial charge is 0.307 e. The Morgan fingerprint density at radius 1 is 1.33 bits per heavy atom. The number of likely N-dealkylation sites (N-methyl/N-ethyl adjacent to an activating group) is 1. The maximum atomic E-state index is 10.8. The van der Waals surface area contributed by atoms with E-state index in [0.29, 0.717) is 22.5 Å². The summed E-state index contributed by atoms with van der Waals surface area (Å²) in [6.45, 7) is 0.622. The van der Waals surface area contributed by atoms with Gasteiger partial charge in [0.25, 0.3) is 0 Å². The molecule has 18 heavy (non-hydrogen) atoms. The number of hydrogen-bond acceptors (Lipinski definition) is 3. The van der Waals surface area contributed by atoms with Gasteiger partial charge in [0, 0.05) is 5.69 Å². The lowest BCUT2D eigenvalue weighted by Gasteiger charge is -2.28. The number of quaternary nitrogens is 1. The second-order valence-electron chi connectivity index (χ2n) is 5.38. The van der Waals surface area contributed by atoms with Gasteiger partial charge in [-0.3, -0.25) is 4.79 Å². The van der Waals surface area contributed by atoms with Crippen LogP contribution in [-0.4, -0.2) is 49.4 Å². The molecule has 0 amide bonds. The van der Waals surface area contributed by atoms with Crippen molar-refractivity contribution in [1.82, 2.24) is 0 Å². The highest BCUT2D eigenvalue weighted by atomic mass is 16.5. The molecule has 0 aromatic heterocycles. The van der Waals surface area contributed by atoms with Gasteiger partial charge in [0.05, 0.1) is 27.6 Å². The Morgan fingerprint density at radius 3 is 2.33 bits per heavy atom. The fraction of sp³-hybridized carbons (Fsp3) is 0.462. The fourth-order valence-corrected chi connectivity index (χ4v) is 1.69.